The van der Waals surface area contributed by atoms with Crippen LogP contribution in [-0.4, -0.2) is 12.7 Å². The highest BCUT2D eigenvalue weighted by molar-refractivity contribution is 5.70. The van der Waals surface area contributed by atoms with Crippen LogP contribution in [0.2, 0.25) is 0 Å². The van der Waals surface area contributed by atoms with Gasteiger partial charge in [-0.15, -0.1) is 0 Å². The summed E-state index contributed by atoms with van der Waals surface area (Å²) in [5.41, 5.74) is 9.08. The summed E-state index contributed by atoms with van der Waals surface area (Å²) in [6, 6.07) is 5.98. The number of ether oxygens (including phenoxy) is 1. The van der Waals surface area contributed by atoms with Gasteiger partial charge in [0, 0.05) is 0 Å². The topological polar surface area (TPSA) is 50.4 Å². The summed E-state index contributed by atoms with van der Waals surface area (Å²) >= 11 is 0. The van der Waals surface area contributed by atoms with E-state index in [1.54, 1.807) is 6.92 Å². The van der Waals surface area contributed by atoms with Crippen LogP contribution in [0.1, 0.15) is 23.6 Å². The first-order valence-electron chi connectivity index (χ1n) is 5.50. The number of amides is 1. The second kappa shape index (κ2) is 5.94. The molecule has 0 bridgehead atoms. The van der Waals surface area contributed by atoms with Gasteiger partial charge in [-0.3, -0.25) is 5.43 Å². The van der Waals surface area contributed by atoms with Gasteiger partial charge in [0.2, 0.25) is 0 Å². The Labute approximate surface area is 102 Å². The molecule has 1 rings (SSSR count). The molecule has 92 valence electrons. The summed E-state index contributed by atoms with van der Waals surface area (Å²) in [6.07, 6.45) is -0.516. The molecule has 0 unspecified atom stereocenters. The van der Waals surface area contributed by atoms with Crippen molar-refractivity contribution in [1.82, 2.24) is 10.9 Å². The van der Waals surface area contributed by atoms with Crippen molar-refractivity contribution in [3.8, 4) is 0 Å². The lowest BCUT2D eigenvalue weighted by molar-refractivity contribution is 0.149. The van der Waals surface area contributed by atoms with Gasteiger partial charge in [-0.1, -0.05) is 18.7 Å². The van der Waals surface area contributed by atoms with Crippen LogP contribution in [0.4, 0.5) is 4.79 Å². The van der Waals surface area contributed by atoms with Gasteiger partial charge in [0.05, 0.1) is 12.3 Å². The van der Waals surface area contributed by atoms with E-state index in [0.29, 0.717) is 12.3 Å². The summed E-state index contributed by atoms with van der Waals surface area (Å²) in [6.45, 7) is 10.0. The van der Waals surface area contributed by atoms with Crippen LogP contribution >= 0.6 is 0 Å². The first-order chi connectivity index (χ1) is 8.04. The Morgan fingerprint density at radius 3 is 2.59 bits per heavy atom. The average molecular weight is 234 g/mol. The van der Waals surface area contributed by atoms with E-state index in [0.717, 1.165) is 5.56 Å². The van der Waals surface area contributed by atoms with Gasteiger partial charge in [-0.2, -0.15) is 0 Å². The molecular weight excluding hydrogens is 216 g/mol. The van der Waals surface area contributed by atoms with Crippen LogP contribution in [0.15, 0.2) is 24.8 Å². The summed E-state index contributed by atoms with van der Waals surface area (Å²) in [7, 11) is 0. The Balaban J connectivity index is 2.58. The van der Waals surface area contributed by atoms with Gasteiger partial charge in [0.15, 0.2) is 0 Å². The summed E-state index contributed by atoms with van der Waals surface area (Å²) in [5, 5.41) is 0. The van der Waals surface area contributed by atoms with E-state index >= 15 is 0 Å². The molecule has 0 saturated carbocycles. The predicted molar refractivity (Wildman–Crippen MR) is 68.2 cm³/mol. The van der Waals surface area contributed by atoms with Crippen LogP contribution in [0.3, 0.4) is 0 Å². The standard InChI is InChI=1S/C13H18N2O2/c1-5-17-13(16)15-14-11(4)12-7-6-9(2)10(3)8-12/h6-8,14H,4-5H2,1-3H3,(H,15,16). The zero-order chi connectivity index (χ0) is 12.8. The number of benzene rings is 1. The summed E-state index contributed by atoms with van der Waals surface area (Å²) < 4.78 is 4.72. The minimum atomic E-state index is -0.516. The molecule has 1 amide bonds. The molecule has 0 aliphatic heterocycles. The molecule has 0 atom stereocenters. The monoisotopic (exact) mass is 234 g/mol. The molecule has 4 heteroatoms. The van der Waals surface area contributed by atoms with Crippen molar-refractivity contribution >= 4 is 11.8 Å². The van der Waals surface area contributed by atoms with Gasteiger partial charge < -0.3 is 4.74 Å². The van der Waals surface area contributed by atoms with Crippen LogP contribution in [0.5, 0.6) is 0 Å². The van der Waals surface area contributed by atoms with Crippen LogP contribution in [0.25, 0.3) is 5.70 Å². The maximum absolute atomic E-state index is 11.1. The summed E-state index contributed by atoms with van der Waals surface area (Å²) in [5.74, 6) is 0. The van der Waals surface area contributed by atoms with Gasteiger partial charge >= 0.3 is 6.09 Å². The van der Waals surface area contributed by atoms with E-state index in [1.165, 1.54) is 11.1 Å². The molecule has 1 aromatic rings. The van der Waals surface area contributed by atoms with Crippen LogP contribution in [0, 0.1) is 13.8 Å². The largest absolute Gasteiger partial charge is 0.449 e. The third-order valence-corrected chi connectivity index (χ3v) is 2.45. The van der Waals surface area contributed by atoms with E-state index in [9.17, 15) is 4.79 Å². The van der Waals surface area contributed by atoms with Gasteiger partial charge in [0.25, 0.3) is 0 Å². The van der Waals surface area contributed by atoms with Crippen molar-refractivity contribution in [2.45, 2.75) is 20.8 Å². The molecule has 1 aromatic carbocycles. The molecule has 0 aromatic heterocycles. The lowest BCUT2D eigenvalue weighted by Crippen LogP contribution is -2.36. The number of hydrogen-bond donors (Lipinski definition) is 2. The molecule has 17 heavy (non-hydrogen) atoms. The lowest BCUT2D eigenvalue weighted by Gasteiger charge is -2.12. The number of carbonyl (C=O) groups excluding carboxylic acids is 1. The normalized spacial score (nSPS) is 9.59. The molecular formula is C13H18N2O2. The highest BCUT2D eigenvalue weighted by atomic mass is 16.5. The van der Waals surface area contributed by atoms with Crippen molar-refractivity contribution in [3.63, 3.8) is 0 Å². The minimum absolute atomic E-state index is 0.337. The minimum Gasteiger partial charge on any atom is -0.449 e. The Morgan fingerprint density at radius 2 is 2.00 bits per heavy atom. The number of carbonyl (C=O) groups is 1. The van der Waals surface area contributed by atoms with E-state index in [1.807, 2.05) is 32.0 Å². The molecule has 0 aliphatic carbocycles. The highest BCUT2D eigenvalue weighted by Gasteiger charge is 2.03. The first-order valence-corrected chi connectivity index (χ1v) is 5.50. The quantitative estimate of drug-likeness (QED) is 0.787. The Morgan fingerprint density at radius 1 is 1.29 bits per heavy atom. The fraction of sp³-hybridized carbons (Fsp3) is 0.308. The van der Waals surface area contributed by atoms with E-state index < -0.39 is 6.09 Å². The smallest absolute Gasteiger partial charge is 0.425 e. The average Bonchev–Trinajstić information content (AvgIpc) is 2.30. The number of rotatable bonds is 4. The van der Waals surface area contributed by atoms with Crippen molar-refractivity contribution in [2.75, 3.05) is 6.61 Å². The number of hydrazine groups is 1. The third kappa shape index (κ3) is 3.83. The van der Waals surface area contributed by atoms with Crippen LogP contribution < -0.4 is 10.9 Å². The molecule has 0 heterocycles. The van der Waals surface area contributed by atoms with E-state index in [2.05, 4.69) is 17.4 Å². The lowest BCUT2D eigenvalue weighted by atomic mass is 10.1. The Hall–Kier alpha value is -1.97. The second-order valence-corrected chi connectivity index (χ2v) is 3.75. The molecule has 0 spiro atoms. The van der Waals surface area contributed by atoms with Gasteiger partial charge in [-0.25, -0.2) is 10.2 Å². The summed E-state index contributed by atoms with van der Waals surface area (Å²) in [4.78, 5) is 11.1. The van der Waals surface area contributed by atoms with E-state index in [4.69, 9.17) is 4.74 Å². The molecule has 0 radical (unpaired) electrons. The Kier molecular flexibility index (Phi) is 4.57. The van der Waals surface area contributed by atoms with Crippen molar-refractivity contribution < 1.29 is 9.53 Å². The molecule has 2 N–H and O–H groups in total. The van der Waals surface area contributed by atoms with E-state index in [-0.39, 0.29) is 0 Å². The zero-order valence-corrected chi connectivity index (χ0v) is 10.5. The van der Waals surface area contributed by atoms with Crippen molar-refractivity contribution in [1.29, 1.82) is 0 Å². The number of aryl methyl sites for hydroxylation is 2. The second-order valence-electron chi connectivity index (χ2n) is 3.75. The Bertz CT molecular complexity index is 427. The maximum atomic E-state index is 11.1. The zero-order valence-electron chi connectivity index (χ0n) is 10.5. The first kappa shape index (κ1) is 13.1. The SMILES string of the molecule is C=C(NNC(=O)OCC)c1ccc(C)c(C)c1. The third-order valence-electron chi connectivity index (χ3n) is 2.45. The van der Waals surface area contributed by atoms with Gasteiger partial charge in [0.1, 0.15) is 0 Å². The molecule has 0 fully saturated rings. The molecule has 0 saturated heterocycles. The van der Waals surface area contributed by atoms with Crippen LogP contribution in [-0.2, 0) is 4.74 Å². The fourth-order valence-electron chi connectivity index (χ4n) is 1.29. The maximum Gasteiger partial charge on any atom is 0.425 e. The predicted octanol–water partition coefficient (Wildman–Crippen LogP) is 2.52. The molecule has 4 nitrogen and oxygen atoms in total. The highest BCUT2D eigenvalue weighted by Crippen LogP contribution is 2.14. The van der Waals surface area contributed by atoms with Crippen molar-refractivity contribution in [2.24, 2.45) is 0 Å². The number of nitrogens with one attached hydrogen (secondary N) is 2. The fourth-order valence-corrected chi connectivity index (χ4v) is 1.29. The van der Waals surface area contributed by atoms with Gasteiger partial charge in [-0.05, 0) is 43.5 Å². The van der Waals surface area contributed by atoms with Crippen molar-refractivity contribution in [3.05, 3.63) is 41.5 Å². The molecule has 0 aliphatic rings. The number of hydrogen-bond acceptors (Lipinski definition) is 3.